The molecule has 1 amide bonds. The summed E-state index contributed by atoms with van der Waals surface area (Å²) in [4.78, 5) is 14.0. The molecule has 0 N–H and O–H groups in total. The van der Waals surface area contributed by atoms with Crippen LogP contribution >= 0.6 is 0 Å². The van der Waals surface area contributed by atoms with Gasteiger partial charge in [0.05, 0.1) is 11.0 Å². The second-order valence-corrected chi connectivity index (χ2v) is 7.76. The first kappa shape index (κ1) is 15.0. The number of amides is 1. The van der Waals surface area contributed by atoms with E-state index >= 15 is 0 Å². The van der Waals surface area contributed by atoms with Gasteiger partial charge in [0.25, 0.3) is 5.91 Å². The highest BCUT2D eigenvalue weighted by Gasteiger charge is 2.29. The van der Waals surface area contributed by atoms with Gasteiger partial charge in [0.15, 0.2) is 9.84 Å². The van der Waals surface area contributed by atoms with E-state index in [9.17, 15) is 17.6 Å². The van der Waals surface area contributed by atoms with E-state index in [1.807, 2.05) is 0 Å². The second-order valence-electron chi connectivity index (χ2n) is 5.22. The van der Waals surface area contributed by atoms with Crippen molar-refractivity contribution in [2.45, 2.75) is 25.5 Å². The molecule has 1 heterocycles. The van der Waals surface area contributed by atoms with E-state index in [0.29, 0.717) is 24.1 Å². The maximum atomic E-state index is 13.1. The van der Waals surface area contributed by atoms with Crippen molar-refractivity contribution in [3.8, 4) is 0 Å². The van der Waals surface area contributed by atoms with Crippen LogP contribution in [0.4, 0.5) is 4.39 Å². The third kappa shape index (κ3) is 3.00. The van der Waals surface area contributed by atoms with Gasteiger partial charge in [-0.3, -0.25) is 4.79 Å². The van der Waals surface area contributed by atoms with E-state index in [1.54, 1.807) is 18.7 Å². The molecule has 1 fully saturated rings. The SMILES string of the molecule is Cc1cc(F)ccc1C(=O)N1CC[C@@H](C)S(=O)(=O)CC1. The Hall–Kier alpha value is -1.43. The summed E-state index contributed by atoms with van der Waals surface area (Å²) in [5.74, 6) is -0.627. The molecule has 0 aliphatic carbocycles. The van der Waals surface area contributed by atoms with E-state index in [1.165, 1.54) is 18.2 Å². The molecular weight excluding hydrogens is 281 g/mol. The Morgan fingerprint density at radius 2 is 2.05 bits per heavy atom. The zero-order valence-corrected chi connectivity index (χ0v) is 12.4. The summed E-state index contributed by atoms with van der Waals surface area (Å²) in [5.41, 5.74) is 0.994. The molecule has 2 rings (SSSR count). The third-order valence-corrected chi connectivity index (χ3v) is 5.98. The minimum absolute atomic E-state index is 0.0137. The number of rotatable bonds is 1. The number of carbonyl (C=O) groups excluding carboxylic acids is 1. The zero-order chi connectivity index (χ0) is 14.9. The van der Waals surface area contributed by atoms with Crippen molar-refractivity contribution < 1.29 is 17.6 Å². The maximum Gasteiger partial charge on any atom is 0.254 e. The average Bonchev–Trinajstić information content (AvgIpc) is 2.49. The van der Waals surface area contributed by atoms with Crippen LogP contribution in [0.25, 0.3) is 0 Å². The fraction of sp³-hybridized carbons (Fsp3) is 0.500. The summed E-state index contributed by atoms with van der Waals surface area (Å²) in [5, 5.41) is -0.422. The Morgan fingerprint density at radius 1 is 1.35 bits per heavy atom. The highest BCUT2D eigenvalue weighted by molar-refractivity contribution is 7.92. The summed E-state index contributed by atoms with van der Waals surface area (Å²) < 4.78 is 36.7. The molecule has 1 aliphatic heterocycles. The minimum atomic E-state index is -3.12. The molecule has 4 nitrogen and oxygen atoms in total. The fourth-order valence-electron chi connectivity index (χ4n) is 2.31. The van der Waals surface area contributed by atoms with E-state index in [2.05, 4.69) is 0 Å². The summed E-state index contributed by atoms with van der Waals surface area (Å²) in [7, 11) is -3.12. The number of aryl methyl sites for hydroxylation is 1. The Balaban J connectivity index is 2.21. The molecule has 1 aromatic carbocycles. The van der Waals surface area contributed by atoms with Crippen molar-refractivity contribution in [3.63, 3.8) is 0 Å². The summed E-state index contributed by atoms with van der Waals surface area (Å²) in [6.07, 6.45) is 0.439. The number of benzene rings is 1. The summed E-state index contributed by atoms with van der Waals surface area (Å²) >= 11 is 0. The standard InChI is InChI=1S/C14H18FNO3S/c1-10-9-12(15)3-4-13(10)14(17)16-6-5-11(2)20(18,19)8-7-16/h3-4,9,11H,5-8H2,1-2H3/t11-/m1/s1. The van der Waals surface area contributed by atoms with Crippen LogP contribution in [0.1, 0.15) is 29.3 Å². The van der Waals surface area contributed by atoms with Crippen molar-refractivity contribution in [1.82, 2.24) is 4.90 Å². The number of sulfone groups is 1. The Kier molecular flexibility index (Phi) is 4.13. The van der Waals surface area contributed by atoms with Gasteiger partial charge in [-0.05, 0) is 44.0 Å². The number of hydrogen-bond acceptors (Lipinski definition) is 3. The minimum Gasteiger partial charge on any atom is -0.338 e. The van der Waals surface area contributed by atoms with Crippen molar-refractivity contribution in [2.75, 3.05) is 18.8 Å². The number of halogens is 1. The molecule has 0 spiro atoms. The number of hydrogen-bond donors (Lipinski definition) is 0. The van der Waals surface area contributed by atoms with Gasteiger partial charge in [0.2, 0.25) is 0 Å². The largest absolute Gasteiger partial charge is 0.338 e. The van der Waals surface area contributed by atoms with Gasteiger partial charge >= 0.3 is 0 Å². The lowest BCUT2D eigenvalue weighted by atomic mass is 10.1. The molecule has 6 heteroatoms. The van der Waals surface area contributed by atoms with Crippen LogP contribution in [0.2, 0.25) is 0 Å². The van der Waals surface area contributed by atoms with E-state index in [-0.39, 0.29) is 24.0 Å². The van der Waals surface area contributed by atoms with Gasteiger partial charge < -0.3 is 4.90 Å². The van der Waals surface area contributed by atoms with Crippen LogP contribution in [-0.4, -0.2) is 43.3 Å². The monoisotopic (exact) mass is 299 g/mol. The highest BCUT2D eigenvalue weighted by atomic mass is 32.2. The first-order valence-corrected chi connectivity index (χ1v) is 8.30. The van der Waals surface area contributed by atoms with Gasteiger partial charge in [0.1, 0.15) is 5.82 Å². The van der Waals surface area contributed by atoms with Crippen LogP contribution in [0.15, 0.2) is 18.2 Å². The lowest BCUT2D eigenvalue weighted by Crippen LogP contribution is -2.34. The van der Waals surface area contributed by atoms with Gasteiger partial charge in [-0.1, -0.05) is 0 Å². The second kappa shape index (κ2) is 5.52. The predicted molar refractivity (Wildman–Crippen MR) is 74.9 cm³/mol. The van der Waals surface area contributed by atoms with Gasteiger partial charge in [0, 0.05) is 18.7 Å². The molecule has 1 saturated heterocycles. The van der Waals surface area contributed by atoms with E-state index in [4.69, 9.17) is 0 Å². The third-order valence-electron chi connectivity index (χ3n) is 3.77. The lowest BCUT2D eigenvalue weighted by molar-refractivity contribution is 0.0766. The first-order chi connectivity index (χ1) is 9.31. The molecule has 0 saturated carbocycles. The van der Waals surface area contributed by atoms with E-state index < -0.39 is 15.1 Å². The average molecular weight is 299 g/mol. The lowest BCUT2D eigenvalue weighted by Gasteiger charge is -2.20. The topological polar surface area (TPSA) is 54.5 Å². The highest BCUT2D eigenvalue weighted by Crippen LogP contribution is 2.17. The molecule has 110 valence electrons. The van der Waals surface area contributed by atoms with Crippen LogP contribution in [-0.2, 0) is 9.84 Å². The van der Waals surface area contributed by atoms with Crippen molar-refractivity contribution in [2.24, 2.45) is 0 Å². The Labute approximate surface area is 118 Å². The van der Waals surface area contributed by atoms with E-state index in [0.717, 1.165) is 0 Å². The van der Waals surface area contributed by atoms with Crippen molar-refractivity contribution in [1.29, 1.82) is 0 Å². The van der Waals surface area contributed by atoms with Crippen molar-refractivity contribution in [3.05, 3.63) is 35.1 Å². The van der Waals surface area contributed by atoms with Crippen LogP contribution in [0.3, 0.4) is 0 Å². The van der Waals surface area contributed by atoms with Crippen LogP contribution in [0, 0.1) is 12.7 Å². The molecule has 1 aromatic rings. The Bertz CT molecular complexity index is 627. The summed E-state index contributed by atoms with van der Waals surface area (Å²) in [6.45, 7) is 3.96. The Morgan fingerprint density at radius 3 is 2.70 bits per heavy atom. The molecule has 1 aliphatic rings. The van der Waals surface area contributed by atoms with Gasteiger partial charge in [-0.2, -0.15) is 0 Å². The normalized spacial score (nSPS) is 22.4. The quantitative estimate of drug-likeness (QED) is 0.794. The number of nitrogens with zero attached hydrogens (tertiary/aromatic N) is 1. The molecule has 0 aromatic heterocycles. The maximum absolute atomic E-state index is 13.1. The molecule has 0 unspecified atom stereocenters. The first-order valence-electron chi connectivity index (χ1n) is 6.58. The molecule has 0 bridgehead atoms. The van der Waals surface area contributed by atoms with Crippen molar-refractivity contribution >= 4 is 15.7 Å². The molecular formula is C14H18FNO3S. The zero-order valence-electron chi connectivity index (χ0n) is 11.6. The fourth-order valence-corrected chi connectivity index (χ4v) is 3.65. The predicted octanol–water partition coefficient (Wildman–Crippen LogP) is 1.78. The molecule has 20 heavy (non-hydrogen) atoms. The van der Waals surface area contributed by atoms with Gasteiger partial charge in [-0.25, -0.2) is 12.8 Å². The van der Waals surface area contributed by atoms with Gasteiger partial charge in [-0.15, -0.1) is 0 Å². The molecule has 0 radical (unpaired) electrons. The van der Waals surface area contributed by atoms with Crippen LogP contribution in [0.5, 0.6) is 0 Å². The summed E-state index contributed by atoms with van der Waals surface area (Å²) in [6, 6.07) is 4.01. The molecule has 1 atom stereocenters. The van der Waals surface area contributed by atoms with Crippen LogP contribution < -0.4 is 0 Å². The smallest absolute Gasteiger partial charge is 0.254 e. The number of carbonyl (C=O) groups is 1.